The highest BCUT2D eigenvalue weighted by Gasteiger charge is 2.32. The van der Waals surface area contributed by atoms with E-state index < -0.39 is 28.9 Å². The van der Waals surface area contributed by atoms with Gasteiger partial charge in [0.2, 0.25) is 0 Å². The van der Waals surface area contributed by atoms with E-state index in [0.717, 1.165) is 23.9 Å². The summed E-state index contributed by atoms with van der Waals surface area (Å²) in [4.78, 5) is 22.5. The van der Waals surface area contributed by atoms with Crippen LogP contribution in [0.4, 0.5) is 13.2 Å². The van der Waals surface area contributed by atoms with Crippen molar-refractivity contribution < 1.29 is 33.0 Å². The van der Waals surface area contributed by atoms with Gasteiger partial charge >= 0.3 is 18.1 Å². The summed E-state index contributed by atoms with van der Waals surface area (Å²) >= 11 is 0.731. The lowest BCUT2D eigenvalue weighted by Gasteiger charge is -2.16. The van der Waals surface area contributed by atoms with Crippen molar-refractivity contribution in [1.82, 2.24) is 0 Å². The van der Waals surface area contributed by atoms with Crippen LogP contribution in [0.1, 0.15) is 22.8 Å². The SMILES string of the molecule is CC(Sc1cc(C(F)(F)F)ccc1-c1ccccc1C(=O)O)C(=O)O. The molecule has 0 saturated carbocycles. The molecule has 0 spiro atoms. The topological polar surface area (TPSA) is 74.6 Å². The number of carboxylic acid groups (broad SMARTS) is 2. The summed E-state index contributed by atoms with van der Waals surface area (Å²) in [5, 5.41) is 17.3. The van der Waals surface area contributed by atoms with Crippen LogP contribution in [0, 0.1) is 0 Å². The average Bonchev–Trinajstić information content (AvgIpc) is 2.53. The lowest BCUT2D eigenvalue weighted by atomic mass is 9.98. The van der Waals surface area contributed by atoms with Gasteiger partial charge in [-0.1, -0.05) is 24.3 Å². The Bertz CT molecular complexity index is 818. The quantitative estimate of drug-likeness (QED) is 0.751. The minimum absolute atomic E-state index is 0.0541. The lowest BCUT2D eigenvalue weighted by Crippen LogP contribution is -2.12. The van der Waals surface area contributed by atoms with E-state index in [9.17, 15) is 27.9 Å². The Morgan fingerprint density at radius 1 is 1.04 bits per heavy atom. The van der Waals surface area contributed by atoms with Crippen molar-refractivity contribution in [3.8, 4) is 11.1 Å². The van der Waals surface area contributed by atoms with Crippen LogP contribution in [0.5, 0.6) is 0 Å². The number of hydrogen-bond acceptors (Lipinski definition) is 3. The van der Waals surface area contributed by atoms with Crippen molar-refractivity contribution in [2.75, 3.05) is 0 Å². The van der Waals surface area contributed by atoms with Gasteiger partial charge in [0.1, 0.15) is 5.25 Å². The van der Waals surface area contributed by atoms with Crippen LogP contribution in [0.2, 0.25) is 0 Å². The number of thioether (sulfide) groups is 1. The molecule has 2 rings (SSSR count). The van der Waals surface area contributed by atoms with Crippen LogP contribution in [0.15, 0.2) is 47.4 Å². The molecule has 1 atom stereocenters. The third-order valence-corrected chi connectivity index (χ3v) is 4.55. The number of alkyl halides is 3. The van der Waals surface area contributed by atoms with E-state index in [4.69, 9.17) is 5.11 Å². The molecule has 0 amide bonds. The van der Waals surface area contributed by atoms with E-state index >= 15 is 0 Å². The lowest BCUT2D eigenvalue weighted by molar-refractivity contribution is -0.138. The molecule has 25 heavy (non-hydrogen) atoms. The molecule has 1 unspecified atom stereocenters. The first-order chi connectivity index (χ1) is 11.6. The number of rotatable bonds is 5. The molecule has 0 saturated heterocycles. The molecular weight excluding hydrogens is 357 g/mol. The monoisotopic (exact) mass is 370 g/mol. The Balaban J connectivity index is 2.65. The molecule has 2 aromatic carbocycles. The molecule has 0 fully saturated rings. The number of hydrogen-bond donors (Lipinski definition) is 2. The minimum atomic E-state index is -4.59. The van der Waals surface area contributed by atoms with E-state index in [-0.39, 0.29) is 21.6 Å². The Hall–Kier alpha value is -2.48. The van der Waals surface area contributed by atoms with Crippen molar-refractivity contribution in [1.29, 1.82) is 0 Å². The summed E-state index contributed by atoms with van der Waals surface area (Å²) < 4.78 is 39.0. The van der Waals surface area contributed by atoms with Crippen LogP contribution in [0.25, 0.3) is 11.1 Å². The average molecular weight is 370 g/mol. The van der Waals surface area contributed by atoms with Crippen LogP contribution in [-0.4, -0.2) is 27.4 Å². The van der Waals surface area contributed by atoms with Crippen LogP contribution in [-0.2, 0) is 11.0 Å². The highest BCUT2D eigenvalue weighted by Crippen LogP contribution is 2.40. The normalized spacial score (nSPS) is 12.6. The number of carboxylic acids is 2. The van der Waals surface area contributed by atoms with Gasteiger partial charge in [-0.15, -0.1) is 11.8 Å². The third kappa shape index (κ3) is 4.33. The first kappa shape index (κ1) is 18.9. The summed E-state index contributed by atoms with van der Waals surface area (Å²) in [5.74, 6) is -2.40. The van der Waals surface area contributed by atoms with E-state index in [0.29, 0.717) is 0 Å². The Morgan fingerprint density at radius 3 is 2.24 bits per heavy atom. The van der Waals surface area contributed by atoms with E-state index in [1.165, 1.54) is 31.2 Å². The molecular formula is C17H13F3O4S. The summed E-state index contributed by atoms with van der Waals surface area (Å²) in [6, 6.07) is 8.74. The zero-order valence-corrected chi connectivity index (χ0v) is 13.7. The van der Waals surface area contributed by atoms with E-state index in [1.54, 1.807) is 6.07 Å². The molecule has 132 valence electrons. The molecule has 2 N–H and O–H groups in total. The fourth-order valence-electron chi connectivity index (χ4n) is 2.16. The molecule has 0 aliphatic rings. The number of carbonyl (C=O) groups is 2. The van der Waals surface area contributed by atoms with Gasteiger partial charge in [-0.3, -0.25) is 4.79 Å². The highest BCUT2D eigenvalue weighted by molar-refractivity contribution is 8.00. The van der Waals surface area contributed by atoms with Crippen molar-refractivity contribution in [2.45, 2.75) is 23.2 Å². The maximum atomic E-state index is 13.0. The minimum Gasteiger partial charge on any atom is -0.480 e. The number of benzene rings is 2. The van der Waals surface area contributed by atoms with Crippen LogP contribution in [0.3, 0.4) is 0 Å². The predicted molar refractivity (Wildman–Crippen MR) is 86.8 cm³/mol. The summed E-state index contributed by atoms with van der Waals surface area (Å²) in [7, 11) is 0. The van der Waals surface area contributed by atoms with E-state index in [1.807, 2.05) is 0 Å². The number of aliphatic carboxylic acids is 1. The highest BCUT2D eigenvalue weighted by atomic mass is 32.2. The van der Waals surface area contributed by atoms with Crippen molar-refractivity contribution in [3.63, 3.8) is 0 Å². The fraction of sp³-hybridized carbons (Fsp3) is 0.176. The Kier molecular flexibility index (Phi) is 5.42. The van der Waals surface area contributed by atoms with Gasteiger partial charge in [0.15, 0.2) is 0 Å². The van der Waals surface area contributed by atoms with Gasteiger partial charge in [-0.2, -0.15) is 13.2 Å². The second-order valence-corrected chi connectivity index (χ2v) is 6.54. The second-order valence-electron chi connectivity index (χ2n) is 5.16. The molecule has 0 radical (unpaired) electrons. The largest absolute Gasteiger partial charge is 0.480 e. The summed E-state index contributed by atoms with van der Waals surface area (Å²) in [6.45, 7) is 1.35. The molecule has 0 bridgehead atoms. The van der Waals surface area contributed by atoms with Crippen molar-refractivity contribution in [3.05, 3.63) is 53.6 Å². The molecule has 0 aliphatic heterocycles. The van der Waals surface area contributed by atoms with Crippen LogP contribution >= 0.6 is 11.8 Å². The smallest absolute Gasteiger partial charge is 0.416 e. The van der Waals surface area contributed by atoms with Crippen LogP contribution < -0.4 is 0 Å². The van der Waals surface area contributed by atoms with Gasteiger partial charge in [0.05, 0.1) is 11.1 Å². The predicted octanol–water partition coefficient (Wildman–Crippen LogP) is 4.64. The zero-order valence-electron chi connectivity index (χ0n) is 12.9. The van der Waals surface area contributed by atoms with Gasteiger partial charge < -0.3 is 10.2 Å². The van der Waals surface area contributed by atoms with Gasteiger partial charge in [0.25, 0.3) is 0 Å². The zero-order chi connectivity index (χ0) is 18.8. The number of halogens is 3. The Morgan fingerprint density at radius 2 is 1.68 bits per heavy atom. The van der Waals surface area contributed by atoms with Gasteiger partial charge in [0, 0.05) is 4.90 Å². The van der Waals surface area contributed by atoms with Crippen molar-refractivity contribution >= 4 is 23.7 Å². The van der Waals surface area contributed by atoms with E-state index in [2.05, 4.69) is 0 Å². The standard InChI is InChI=1S/C17H13F3O4S/c1-9(15(21)22)25-14-8-10(17(18,19)20)6-7-12(14)11-4-2-3-5-13(11)16(23)24/h2-9H,1H3,(H,21,22)(H,23,24). The summed E-state index contributed by atoms with van der Waals surface area (Å²) in [5.41, 5.74) is -0.538. The molecule has 8 heteroatoms. The molecule has 2 aromatic rings. The van der Waals surface area contributed by atoms with Gasteiger partial charge in [-0.05, 0) is 36.2 Å². The maximum absolute atomic E-state index is 13.0. The molecule has 4 nitrogen and oxygen atoms in total. The molecule has 0 heterocycles. The maximum Gasteiger partial charge on any atom is 0.416 e. The fourth-order valence-corrected chi connectivity index (χ4v) is 3.15. The second kappa shape index (κ2) is 7.18. The first-order valence-electron chi connectivity index (χ1n) is 7.04. The number of aromatic carboxylic acids is 1. The summed E-state index contributed by atoms with van der Waals surface area (Å²) in [6.07, 6.45) is -4.59. The third-order valence-electron chi connectivity index (χ3n) is 3.41. The first-order valence-corrected chi connectivity index (χ1v) is 7.92. The molecule has 0 aliphatic carbocycles. The van der Waals surface area contributed by atoms with Crippen molar-refractivity contribution in [2.24, 2.45) is 0 Å². The molecule has 0 aromatic heterocycles. The Labute approximate surface area is 145 Å². The van der Waals surface area contributed by atoms with Gasteiger partial charge in [-0.25, -0.2) is 4.79 Å².